The Morgan fingerprint density at radius 2 is 1.67 bits per heavy atom. The second-order valence-electron chi connectivity index (χ2n) is 6.33. The van der Waals surface area contributed by atoms with E-state index in [1.807, 2.05) is 0 Å². The molecule has 2 aromatic carbocycles. The van der Waals surface area contributed by atoms with E-state index < -0.39 is 0 Å². The van der Waals surface area contributed by atoms with Gasteiger partial charge in [-0.3, -0.25) is 0 Å². The van der Waals surface area contributed by atoms with Crippen LogP contribution in [0.15, 0.2) is 40.9 Å². The van der Waals surface area contributed by atoms with Crippen LogP contribution in [0.5, 0.6) is 0 Å². The summed E-state index contributed by atoms with van der Waals surface area (Å²) in [6, 6.07) is 14.2. The summed E-state index contributed by atoms with van der Waals surface area (Å²) < 4.78 is 1.20. The van der Waals surface area contributed by atoms with Gasteiger partial charge in [0.15, 0.2) is 0 Å². The molecule has 2 aliphatic rings. The lowest BCUT2D eigenvalue weighted by Crippen LogP contribution is -2.27. The predicted molar refractivity (Wildman–Crippen MR) is 92.0 cm³/mol. The quantitative estimate of drug-likeness (QED) is 0.818. The Balaban J connectivity index is 1.50. The van der Waals surface area contributed by atoms with Crippen molar-refractivity contribution >= 4 is 21.6 Å². The van der Waals surface area contributed by atoms with Crippen molar-refractivity contribution in [3.8, 4) is 0 Å². The largest absolute Gasteiger partial charge is 0.382 e. The summed E-state index contributed by atoms with van der Waals surface area (Å²) in [5.74, 6) is 0. The highest BCUT2D eigenvalue weighted by Gasteiger charge is 2.19. The maximum atomic E-state index is 3.75. The van der Waals surface area contributed by atoms with Crippen molar-refractivity contribution in [3.63, 3.8) is 0 Å². The minimum absolute atomic E-state index is 0.568. The molecule has 0 bridgehead atoms. The van der Waals surface area contributed by atoms with Crippen molar-refractivity contribution in [2.24, 2.45) is 0 Å². The molecule has 0 amide bonds. The van der Waals surface area contributed by atoms with E-state index >= 15 is 0 Å². The van der Waals surface area contributed by atoms with E-state index in [1.165, 1.54) is 53.4 Å². The Kier molecular flexibility index (Phi) is 3.50. The fourth-order valence-corrected chi connectivity index (χ4v) is 4.15. The van der Waals surface area contributed by atoms with E-state index in [-0.39, 0.29) is 0 Å². The van der Waals surface area contributed by atoms with Gasteiger partial charge in [0.2, 0.25) is 0 Å². The molecule has 0 fully saturated rings. The maximum Gasteiger partial charge on any atom is 0.0345 e. The lowest BCUT2D eigenvalue weighted by atomic mass is 9.88. The van der Waals surface area contributed by atoms with Crippen molar-refractivity contribution in [1.29, 1.82) is 0 Å². The molecule has 0 aromatic heterocycles. The van der Waals surface area contributed by atoms with Gasteiger partial charge in [-0.2, -0.15) is 0 Å². The molecule has 0 spiro atoms. The summed E-state index contributed by atoms with van der Waals surface area (Å²) in [7, 11) is 0. The Hall–Kier alpha value is -1.28. The lowest BCUT2D eigenvalue weighted by Gasteiger charge is -2.27. The molecule has 21 heavy (non-hydrogen) atoms. The zero-order chi connectivity index (χ0) is 14.2. The third-order valence-corrected chi connectivity index (χ3v) is 5.36. The summed E-state index contributed by atoms with van der Waals surface area (Å²) in [5.41, 5.74) is 7.43. The number of anilines is 1. The third kappa shape index (κ3) is 2.74. The highest BCUT2D eigenvalue weighted by molar-refractivity contribution is 9.10. The number of hydrogen-bond acceptors (Lipinski definition) is 1. The number of rotatable bonds is 2. The van der Waals surface area contributed by atoms with Crippen LogP contribution in [0.1, 0.15) is 35.1 Å². The maximum absolute atomic E-state index is 3.75. The highest BCUT2D eigenvalue weighted by Crippen LogP contribution is 2.29. The molecule has 1 N–H and O–H groups in total. The molecule has 0 radical (unpaired) electrons. The van der Waals surface area contributed by atoms with E-state index in [0.29, 0.717) is 6.04 Å². The summed E-state index contributed by atoms with van der Waals surface area (Å²) in [6.07, 6.45) is 7.38. The van der Waals surface area contributed by atoms with Crippen LogP contribution in [0.3, 0.4) is 0 Å². The fraction of sp³-hybridized carbons (Fsp3) is 0.368. The number of hydrogen-bond donors (Lipinski definition) is 1. The minimum Gasteiger partial charge on any atom is -0.382 e. The molecule has 2 aromatic rings. The third-order valence-electron chi connectivity index (χ3n) is 4.87. The molecule has 0 aliphatic heterocycles. The van der Waals surface area contributed by atoms with E-state index in [4.69, 9.17) is 0 Å². The molecular weight excluding hydrogens is 322 g/mol. The zero-order valence-electron chi connectivity index (χ0n) is 12.2. The first-order chi connectivity index (χ1) is 10.3. The lowest BCUT2D eigenvalue weighted by molar-refractivity contribution is 0.610. The molecule has 0 heterocycles. The van der Waals surface area contributed by atoms with E-state index in [1.54, 1.807) is 11.1 Å². The number of fused-ring (bicyclic) bond motifs is 2. The second kappa shape index (κ2) is 5.49. The van der Waals surface area contributed by atoms with Gasteiger partial charge in [-0.1, -0.05) is 28.1 Å². The molecule has 108 valence electrons. The van der Waals surface area contributed by atoms with Gasteiger partial charge in [0.05, 0.1) is 0 Å². The van der Waals surface area contributed by atoms with Gasteiger partial charge in [0, 0.05) is 16.2 Å². The van der Waals surface area contributed by atoms with Gasteiger partial charge in [-0.25, -0.2) is 0 Å². The highest BCUT2D eigenvalue weighted by atomic mass is 79.9. The van der Waals surface area contributed by atoms with Crippen LogP contribution in [0.25, 0.3) is 0 Å². The molecular formula is C19H20BrN. The first-order valence-corrected chi connectivity index (χ1v) is 8.73. The molecule has 1 nitrogen and oxygen atoms in total. The van der Waals surface area contributed by atoms with Crippen LogP contribution >= 0.6 is 15.9 Å². The first kappa shape index (κ1) is 13.4. The molecule has 1 unspecified atom stereocenters. The van der Waals surface area contributed by atoms with Crippen LogP contribution in [0.4, 0.5) is 5.69 Å². The van der Waals surface area contributed by atoms with Crippen molar-refractivity contribution < 1.29 is 0 Å². The van der Waals surface area contributed by atoms with Crippen molar-refractivity contribution in [1.82, 2.24) is 0 Å². The Morgan fingerprint density at radius 3 is 2.62 bits per heavy atom. The molecule has 0 saturated heterocycles. The standard InChI is InChI=1S/C19H20BrN/c20-17-7-4-16-12-19(9-6-15(16)10-17)21-18-8-5-13-2-1-3-14(13)11-18/h4-5,7-8,10-11,19,21H,1-3,6,9,12H2. The van der Waals surface area contributed by atoms with Gasteiger partial charge in [0.1, 0.15) is 0 Å². The average Bonchev–Trinajstić information content (AvgIpc) is 2.95. The molecule has 0 saturated carbocycles. The van der Waals surface area contributed by atoms with Crippen molar-refractivity contribution in [2.75, 3.05) is 5.32 Å². The fourth-order valence-electron chi connectivity index (χ4n) is 3.74. The Morgan fingerprint density at radius 1 is 0.857 bits per heavy atom. The Bertz CT molecular complexity index is 677. The first-order valence-electron chi connectivity index (χ1n) is 7.93. The Labute approximate surface area is 134 Å². The molecule has 2 aliphatic carbocycles. The number of nitrogens with one attached hydrogen (secondary N) is 1. The predicted octanol–water partition coefficient (Wildman–Crippen LogP) is 4.91. The van der Waals surface area contributed by atoms with E-state index in [9.17, 15) is 0 Å². The number of aryl methyl sites for hydroxylation is 3. The van der Waals surface area contributed by atoms with Crippen LogP contribution in [0.2, 0.25) is 0 Å². The summed E-state index contributed by atoms with van der Waals surface area (Å²) in [4.78, 5) is 0. The molecule has 4 rings (SSSR count). The van der Waals surface area contributed by atoms with Gasteiger partial charge in [-0.15, -0.1) is 0 Å². The topological polar surface area (TPSA) is 12.0 Å². The van der Waals surface area contributed by atoms with Crippen LogP contribution in [-0.4, -0.2) is 6.04 Å². The summed E-state index contributed by atoms with van der Waals surface area (Å²) in [5, 5.41) is 3.75. The average molecular weight is 342 g/mol. The SMILES string of the molecule is Brc1ccc2c(c1)CCC(Nc1ccc3c(c1)CCC3)C2. The van der Waals surface area contributed by atoms with Crippen molar-refractivity contribution in [3.05, 3.63) is 63.1 Å². The van der Waals surface area contributed by atoms with Gasteiger partial charge in [0.25, 0.3) is 0 Å². The number of benzene rings is 2. The van der Waals surface area contributed by atoms with Crippen molar-refractivity contribution in [2.45, 2.75) is 44.6 Å². The van der Waals surface area contributed by atoms with Gasteiger partial charge < -0.3 is 5.32 Å². The second-order valence-corrected chi connectivity index (χ2v) is 7.25. The normalized spacial score (nSPS) is 20.0. The van der Waals surface area contributed by atoms with Gasteiger partial charge >= 0.3 is 0 Å². The summed E-state index contributed by atoms with van der Waals surface area (Å²) >= 11 is 3.57. The monoisotopic (exact) mass is 341 g/mol. The van der Waals surface area contributed by atoms with Crippen LogP contribution < -0.4 is 5.32 Å². The smallest absolute Gasteiger partial charge is 0.0345 e. The number of halogens is 1. The molecule has 2 heteroatoms. The zero-order valence-corrected chi connectivity index (χ0v) is 13.7. The van der Waals surface area contributed by atoms with Crippen LogP contribution in [0, 0.1) is 0 Å². The minimum atomic E-state index is 0.568. The van der Waals surface area contributed by atoms with Gasteiger partial charge in [-0.05, 0) is 85.0 Å². The van der Waals surface area contributed by atoms with E-state index in [2.05, 4.69) is 57.6 Å². The van der Waals surface area contributed by atoms with E-state index in [0.717, 1.165) is 6.42 Å². The summed E-state index contributed by atoms with van der Waals surface area (Å²) in [6.45, 7) is 0. The van der Waals surface area contributed by atoms with Crippen LogP contribution in [-0.2, 0) is 25.7 Å². The molecule has 1 atom stereocenters.